The van der Waals surface area contributed by atoms with E-state index in [9.17, 15) is 14.0 Å². The van der Waals surface area contributed by atoms with Crippen LogP contribution in [0.2, 0.25) is 0 Å². The third-order valence-corrected chi connectivity index (χ3v) is 6.34. The zero-order valence-corrected chi connectivity index (χ0v) is 17.4. The molecule has 1 aliphatic carbocycles. The van der Waals surface area contributed by atoms with Crippen molar-refractivity contribution < 1.29 is 14.0 Å². The summed E-state index contributed by atoms with van der Waals surface area (Å²) >= 11 is 1.27. The van der Waals surface area contributed by atoms with E-state index >= 15 is 0 Å². The minimum atomic E-state index is -0.375. The van der Waals surface area contributed by atoms with Crippen LogP contribution in [-0.4, -0.2) is 18.4 Å². The predicted octanol–water partition coefficient (Wildman–Crippen LogP) is 5.53. The summed E-state index contributed by atoms with van der Waals surface area (Å²) in [5.74, 6) is -0.834. The second-order valence-corrected chi connectivity index (χ2v) is 8.50. The van der Waals surface area contributed by atoms with Crippen LogP contribution >= 0.6 is 11.8 Å². The Kier molecular flexibility index (Phi) is 6.33. The lowest BCUT2D eigenvalue weighted by Gasteiger charge is -2.19. The van der Waals surface area contributed by atoms with E-state index in [4.69, 9.17) is 0 Å². The lowest BCUT2D eigenvalue weighted by molar-refractivity contribution is -0.112. The van der Waals surface area contributed by atoms with Crippen LogP contribution in [0.4, 0.5) is 10.1 Å². The van der Waals surface area contributed by atoms with Crippen molar-refractivity contribution in [2.24, 2.45) is 0 Å². The normalized spacial score (nSPS) is 17.2. The van der Waals surface area contributed by atoms with Crippen molar-refractivity contribution in [1.29, 1.82) is 0 Å². The maximum Gasteiger partial charge on any atom is 0.262 e. The van der Waals surface area contributed by atoms with Crippen molar-refractivity contribution in [3.8, 4) is 0 Å². The minimum absolute atomic E-state index is 0.152. The number of hydrogen-bond acceptors (Lipinski definition) is 3. The molecule has 6 heteroatoms. The van der Waals surface area contributed by atoms with E-state index in [0.717, 1.165) is 24.2 Å². The van der Waals surface area contributed by atoms with Gasteiger partial charge in [-0.1, -0.05) is 41.6 Å². The van der Waals surface area contributed by atoms with Gasteiger partial charge in [0.2, 0.25) is 0 Å². The quantitative estimate of drug-likeness (QED) is 0.492. The molecule has 0 radical (unpaired) electrons. The summed E-state index contributed by atoms with van der Waals surface area (Å²) in [6.45, 7) is 0.610. The van der Waals surface area contributed by atoms with Crippen LogP contribution in [-0.2, 0) is 4.79 Å². The van der Waals surface area contributed by atoms with Crippen LogP contribution in [0.5, 0.6) is 0 Å². The lowest BCUT2D eigenvalue weighted by atomic mass is 9.97. The maximum atomic E-state index is 13.9. The second-order valence-electron chi connectivity index (χ2n) is 7.41. The number of allylic oxidation sites excluding steroid dienone is 1. The van der Waals surface area contributed by atoms with Crippen LogP contribution < -0.4 is 10.6 Å². The highest BCUT2D eigenvalue weighted by Gasteiger charge is 2.22. The first-order valence-corrected chi connectivity index (χ1v) is 11.0. The molecule has 0 fully saturated rings. The fraction of sp³-hybridized carbons (Fsp3) is 0.250. The molecule has 4 nitrogen and oxygen atoms in total. The summed E-state index contributed by atoms with van der Waals surface area (Å²) in [4.78, 5) is 26.2. The Labute approximate surface area is 179 Å². The highest BCUT2D eigenvalue weighted by Crippen LogP contribution is 2.39. The Morgan fingerprint density at radius 3 is 2.87 bits per heavy atom. The van der Waals surface area contributed by atoms with Crippen molar-refractivity contribution in [1.82, 2.24) is 5.32 Å². The molecular weight excluding hydrogens is 399 g/mol. The van der Waals surface area contributed by atoms with E-state index in [-0.39, 0.29) is 17.6 Å². The average molecular weight is 423 g/mol. The number of fused-ring (bicyclic) bond motifs is 1. The van der Waals surface area contributed by atoms with E-state index in [0.29, 0.717) is 28.3 Å². The number of carbonyl (C=O) groups is 2. The maximum absolute atomic E-state index is 13.9. The number of benzene rings is 2. The standard InChI is InChI=1S/C24H23FN2O2S/c25-19-9-5-4-8-17(19)15-22-24(29)27-20-14-18(10-11-21(20)30-22)23(28)26-13-12-16-6-2-1-3-7-16/h4-6,8-11,14-15H,1-3,7,12-13H2,(H,26,28)(H,27,29)/b22-15+. The van der Waals surface area contributed by atoms with Crippen LogP contribution in [0.25, 0.3) is 6.08 Å². The molecule has 0 unspecified atom stereocenters. The van der Waals surface area contributed by atoms with Crippen LogP contribution in [0.15, 0.2) is 63.9 Å². The Morgan fingerprint density at radius 1 is 1.20 bits per heavy atom. The SMILES string of the molecule is O=C1Nc2cc(C(=O)NCCC3=CCCCC3)ccc2S/C1=C/c1ccccc1F. The van der Waals surface area contributed by atoms with E-state index in [1.807, 2.05) is 6.07 Å². The topological polar surface area (TPSA) is 58.2 Å². The molecule has 1 aliphatic heterocycles. The molecule has 2 N–H and O–H groups in total. The number of thioether (sulfide) groups is 1. The number of hydrogen-bond donors (Lipinski definition) is 2. The summed E-state index contributed by atoms with van der Waals surface area (Å²) in [6.07, 6.45) is 9.46. The zero-order chi connectivity index (χ0) is 20.9. The summed E-state index contributed by atoms with van der Waals surface area (Å²) in [5.41, 5.74) is 2.89. The first-order chi connectivity index (χ1) is 14.6. The highest BCUT2D eigenvalue weighted by atomic mass is 32.2. The molecular formula is C24H23FN2O2S. The van der Waals surface area contributed by atoms with E-state index in [1.165, 1.54) is 36.2 Å². The number of anilines is 1. The van der Waals surface area contributed by atoms with E-state index in [1.54, 1.807) is 36.4 Å². The molecule has 154 valence electrons. The first kappa shape index (κ1) is 20.4. The predicted molar refractivity (Wildman–Crippen MR) is 119 cm³/mol. The molecule has 0 bridgehead atoms. The second kappa shape index (κ2) is 9.30. The highest BCUT2D eigenvalue weighted by molar-refractivity contribution is 8.04. The van der Waals surface area contributed by atoms with Gasteiger partial charge in [-0.2, -0.15) is 0 Å². The van der Waals surface area contributed by atoms with Gasteiger partial charge in [0.15, 0.2) is 0 Å². The molecule has 1 heterocycles. The van der Waals surface area contributed by atoms with Gasteiger partial charge in [-0.3, -0.25) is 9.59 Å². The van der Waals surface area contributed by atoms with E-state index < -0.39 is 0 Å². The smallest absolute Gasteiger partial charge is 0.262 e. The Bertz CT molecular complexity index is 1050. The molecule has 0 aromatic heterocycles. The van der Waals surface area contributed by atoms with Gasteiger partial charge in [0, 0.05) is 22.6 Å². The Balaban J connectivity index is 1.42. The molecule has 4 rings (SSSR count). The number of rotatable bonds is 5. The summed E-state index contributed by atoms with van der Waals surface area (Å²) in [5, 5.41) is 5.77. The number of carbonyl (C=O) groups excluding carboxylic acids is 2. The molecule has 0 saturated heterocycles. The average Bonchev–Trinajstić information content (AvgIpc) is 2.76. The largest absolute Gasteiger partial charge is 0.352 e. The molecule has 2 aliphatic rings. The van der Waals surface area contributed by atoms with Gasteiger partial charge in [-0.05, 0) is 62.4 Å². The van der Waals surface area contributed by atoms with Crippen molar-refractivity contribution in [2.75, 3.05) is 11.9 Å². The third-order valence-electron chi connectivity index (χ3n) is 5.24. The fourth-order valence-corrected chi connectivity index (χ4v) is 4.53. The Hall–Kier alpha value is -2.86. The van der Waals surface area contributed by atoms with Gasteiger partial charge >= 0.3 is 0 Å². The van der Waals surface area contributed by atoms with Crippen molar-refractivity contribution in [2.45, 2.75) is 37.0 Å². The molecule has 0 saturated carbocycles. The molecule has 30 heavy (non-hydrogen) atoms. The fourth-order valence-electron chi connectivity index (χ4n) is 3.61. The number of halogens is 1. The van der Waals surface area contributed by atoms with Crippen molar-refractivity contribution in [3.05, 3.63) is 76.0 Å². The molecule has 2 aromatic carbocycles. The van der Waals surface area contributed by atoms with Crippen LogP contribution in [0.3, 0.4) is 0 Å². The Morgan fingerprint density at radius 2 is 2.07 bits per heavy atom. The molecule has 2 amide bonds. The summed E-state index contributed by atoms with van der Waals surface area (Å²) in [7, 11) is 0. The van der Waals surface area contributed by atoms with Crippen molar-refractivity contribution in [3.63, 3.8) is 0 Å². The summed E-state index contributed by atoms with van der Waals surface area (Å²) in [6, 6.07) is 11.6. The number of nitrogens with one attached hydrogen (secondary N) is 2. The van der Waals surface area contributed by atoms with Gasteiger partial charge < -0.3 is 10.6 Å². The van der Waals surface area contributed by atoms with Crippen LogP contribution in [0.1, 0.15) is 48.0 Å². The minimum Gasteiger partial charge on any atom is -0.352 e. The van der Waals surface area contributed by atoms with Crippen LogP contribution in [0, 0.1) is 5.82 Å². The number of amides is 2. The lowest BCUT2D eigenvalue weighted by Crippen LogP contribution is -2.25. The molecule has 0 atom stereocenters. The summed E-state index contributed by atoms with van der Waals surface area (Å²) < 4.78 is 13.9. The monoisotopic (exact) mass is 422 g/mol. The van der Waals surface area contributed by atoms with E-state index in [2.05, 4.69) is 16.7 Å². The zero-order valence-electron chi connectivity index (χ0n) is 16.5. The van der Waals surface area contributed by atoms with Gasteiger partial charge in [0.25, 0.3) is 11.8 Å². The third kappa shape index (κ3) is 4.82. The first-order valence-electron chi connectivity index (χ1n) is 10.2. The molecule has 2 aromatic rings. The van der Waals surface area contributed by atoms with Gasteiger partial charge in [-0.25, -0.2) is 4.39 Å². The van der Waals surface area contributed by atoms with Gasteiger partial charge in [0.1, 0.15) is 5.82 Å². The van der Waals surface area contributed by atoms with Crippen molar-refractivity contribution >= 4 is 35.3 Å². The van der Waals surface area contributed by atoms with Gasteiger partial charge in [0.05, 0.1) is 10.6 Å². The van der Waals surface area contributed by atoms with Gasteiger partial charge in [-0.15, -0.1) is 0 Å². The molecule has 0 spiro atoms.